The lowest BCUT2D eigenvalue weighted by atomic mass is 9.80. The minimum Gasteiger partial charge on any atom is -0.466 e. The van der Waals surface area contributed by atoms with Crippen LogP contribution in [0.3, 0.4) is 0 Å². The van der Waals surface area contributed by atoms with Gasteiger partial charge in [0.05, 0.1) is 24.5 Å². The predicted molar refractivity (Wildman–Crippen MR) is 128 cm³/mol. The lowest BCUT2D eigenvalue weighted by Gasteiger charge is -2.44. The zero-order valence-electron chi connectivity index (χ0n) is 19.5. The normalized spacial score (nSPS) is 22.9. The molecule has 1 fully saturated rings. The van der Waals surface area contributed by atoms with Crippen LogP contribution in [0.4, 0.5) is 0 Å². The second kappa shape index (κ2) is 10.1. The van der Waals surface area contributed by atoms with E-state index < -0.39 is 5.92 Å². The summed E-state index contributed by atoms with van der Waals surface area (Å²) in [6.07, 6.45) is 1.50. The topological polar surface area (TPSA) is 66.9 Å². The van der Waals surface area contributed by atoms with Crippen LogP contribution in [-0.4, -0.2) is 53.8 Å². The summed E-state index contributed by atoms with van der Waals surface area (Å²) in [5.41, 5.74) is 1.38. The third-order valence-electron chi connectivity index (χ3n) is 6.45. The molecule has 0 unspecified atom stereocenters. The molecule has 1 saturated heterocycles. The van der Waals surface area contributed by atoms with Crippen LogP contribution in [0.2, 0.25) is 0 Å². The molecular formula is C26H32N2O4S. The number of esters is 1. The molecule has 0 spiro atoms. The van der Waals surface area contributed by atoms with E-state index in [9.17, 15) is 14.4 Å². The highest BCUT2D eigenvalue weighted by atomic mass is 32.1. The molecule has 0 aliphatic carbocycles. The Bertz CT molecular complexity index is 1000. The van der Waals surface area contributed by atoms with E-state index in [1.54, 1.807) is 18.3 Å². The molecule has 0 bridgehead atoms. The van der Waals surface area contributed by atoms with Gasteiger partial charge in [0.15, 0.2) is 0 Å². The van der Waals surface area contributed by atoms with Crippen molar-refractivity contribution in [1.82, 2.24) is 9.80 Å². The van der Waals surface area contributed by atoms with Gasteiger partial charge >= 0.3 is 5.97 Å². The van der Waals surface area contributed by atoms with Gasteiger partial charge < -0.3 is 14.5 Å². The van der Waals surface area contributed by atoms with E-state index in [1.807, 2.05) is 51.6 Å². The minimum atomic E-state index is -0.503. The highest BCUT2D eigenvalue weighted by Crippen LogP contribution is 2.45. The maximum absolute atomic E-state index is 14.1. The van der Waals surface area contributed by atoms with E-state index in [1.165, 1.54) is 0 Å². The number of thiophene rings is 1. The third kappa shape index (κ3) is 4.69. The zero-order chi connectivity index (χ0) is 23.5. The Morgan fingerprint density at radius 3 is 2.67 bits per heavy atom. The summed E-state index contributed by atoms with van der Waals surface area (Å²) < 4.78 is 5.24. The molecular weight excluding hydrogens is 436 g/mol. The summed E-state index contributed by atoms with van der Waals surface area (Å²) in [5, 5.41) is 1.99. The van der Waals surface area contributed by atoms with Gasteiger partial charge in [0.2, 0.25) is 5.91 Å². The Hall–Kier alpha value is -2.67. The van der Waals surface area contributed by atoms with E-state index in [4.69, 9.17) is 4.74 Å². The first-order chi connectivity index (χ1) is 15.9. The van der Waals surface area contributed by atoms with Crippen LogP contribution in [0.25, 0.3) is 0 Å². The van der Waals surface area contributed by atoms with Gasteiger partial charge in [0.1, 0.15) is 0 Å². The van der Waals surface area contributed by atoms with E-state index in [-0.39, 0.29) is 35.7 Å². The van der Waals surface area contributed by atoms with Crippen molar-refractivity contribution >= 4 is 29.1 Å². The number of ether oxygens (including phenoxy) is 1. The highest BCUT2D eigenvalue weighted by Gasteiger charge is 2.46. The summed E-state index contributed by atoms with van der Waals surface area (Å²) in [5.74, 6) is -0.806. The van der Waals surface area contributed by atoms with Crippen molar-refractivity contribution < 1.29 is 19.1 Å². The smallest absolute Gasteiger partial charge is 0.310 e. The number of hydrogen-bond donors (Lipinski definition) is 0. The van der Waals surface area contributed by atoms with Crippen molar-refractivity contribution in [1.29, 1.82) is 0 Å². The van der Waals surface area contributed by atoms with Crippen LogP contribution in [0.5, 0.6) is 0 Å². The Kier molecular flexibility index (Phi) is 7.17. The number of hydrogen-bond acceptors (Lipinski definition) is 5. The molecule has 1 aromatic heterocycles. The first-order valence-corrected chi connectivity index (χ1v) is 12.7. The Morgan fingerprint density at radius 2 is 1.97 bits per heavy atom. The van der Waals surface area contributed by atoms with Crippen LogP contribution >= 0.6 is 11.3 Å². The number of nitrogens with zero attached hydrogens (tertiary/aromatic N) is 2. The minimum absolute atomic E-state index is 0.0175. The number of likely N-dealkylation sites (tertiary alicyclic amines) is 1. The zero-order valence-corrected chi connectivity index (χ0v) is 20.3. The van der Waals surface area contributed by atoms with Gasteiger partial charge in [-0.3, -0.25) is 14.4 Å². The van der Waals surface area contributed by atoms with E-state index in [0.29, 0.717) is 31.8 Å². The number of rotatable bonds is 6. The van der Waals surface area contributed by atoms with Gasteiger partial charge in [-0.25, -0.2) is 0 Å². The molecule has 3 atom stereocenters. The van der Waals surface area contributed by atoms with Crippen molar-refractivity contribution in [2.45, 2.75) is 45.6 Å². The van der Waals surface area contributed by atoms with Crippen molar-refractivity contribution in [2.75, 3.05) is 26.2 Å². The molecule has 2 aromatic rings. The monoisotopic (exact) mass is 468 g/mol. The van der Waals surface area contributed by atoms with Gasteiger partial charge in [-0.1, -0.05) is 38.1 Å². The lowest BCUT2D eigenvalue weighted by molar-refractivity contribution is -0.151. The van der Waals surface area contributed by atoms with Gasteiger partial charge in [-0.05, 0) is 48.8 Å². The molecule has 0 N–H and O–H groups in total. The Labute approximate surface area is 199 Å². The maximum Gasteiger partial charge on any atom is 0.310 e. The van der Waals surface area contributed by atoms with Gasteiger partial charge in [0.25, 0.3) is 5.91 Å². The summed E-state index contributed by atoms with van der Waals surface area (Å²) in [6.45, 7) is 7.87. The fraction of sp³-hybridized carbons (Fsp3) is 0.500. The third-order valence-corrected chi connectivity index (χ3v) is 7.40. The second-order valence-electron chi connectivity index (χ2n) is 9.25. The van der Waals surface area contributed by atoms with Crippen molar-refractivity contribution in [3.8, 4) is 0 Å². The molecule has 176 valence electrons. The summed E-state index contributed by atoms with van der Waals surface area (Å²) in [7, 11) is 0. The lowest BCUT2D eigenvalue weighted by Crippen LogP contribution is -2.51. The van der Waals surface area contributed by atoms with Crippen LogP contribution in [0.15, 0.2) is 41.8 Å². The molecule has 4 rings (SSSR count). The van der Waals surface area contributed by atoms with Crippen LogP contribution < -0.4 is 0 Å². The molecule has 0 saturated carbocycles. The SMILES string of the molecule is CCOC(=O)[C@@H]1CCCN(C(=O)[C@@H]2c3ccccc3C(=O)N(CC(C)C)[C@H]2c2cccs2)C1. The van der Waals surface area contributed by atoms with Crippen LogP contribution in [0, 0.1) is 11.8 Å². The molecule has 2 aliphatic heterocycles. The Balaban J connectivity index is 1.74. The average Bonchev–Trinajstić information content (AvgIpc) is 3.35. The molecule has 3 heterocycles. The van der Waals surface area contributed by atoms with E-state index >= 15 is 0 Å². The summed E-state index contributed by atoms with van der Waals surface area (Å²) in [6, 6.07) is 11.1. The molecule has 7 heteroatoms. The van der Waals surface area contributed by atoms with Gasteiger partial charge in [-0.15, -0.1) is 11.3 Å². The predicted octanol–water partition coefficient (Wildman–Crippen LogP) is 4.49. The molecule has 1 aromatic carbocycles. The standard InChI is InChI=1S/C26H32N2O4S/c1-4-32-26(31)18-9-7-13-27(16-18)25(30)22-19-10-5-6-11-20(19)24(29)28(15-17(2)3)23(22)21-12-8-14-33-21/h5-6,8,10-12,14,17-18,22-23H,4,7,9,13,15-16H2,1-3H3/t18-,22-,23+/m1/s1. The van der Waals surface area contributed by atoms with Crippen molar-refractivity contribution in [2.24, 2.45) is 11.8 Å². The number of piperidine rings is 1. The molecule has 2 amide bonds. The molecule has 6 nitrogen and oxygen atoms in total. The van der Waals surface area contributed by atoms with E-state index in [2.05, 4.69) is 13.8 Å². The average molecular weight is 469 g/mol. The Morgan fingerprint density at radius 1 is 1.18 bits per heavy atom. The van der Waals surface area contributed by atoms with Crippen LogP contribution in [0.1, 0.15) is 66.4 Å². The number of carbonyl (C=O) groups is 3. The van der Waals surface area contributed by atoms with Gasteiger partial charge in [0, 0.05) is 30.1 Å². The first-order valence-electron chi connectivity index (χ1n) is 11.8. The second-order valence-corrected chi connectivity index (χ2v) is 10.2. The van der Waals surface area contributed by atoms with Crippen LogP contribution in [-0.2, 0) is 14.3 Å². The van der Waals surface area contributed by atoms with Gasteiger partial charge in [-0.2, -0.15) is 0 Å². The summed E-state index contributed by atoms with van der Waals surface area (Å²) >= 11 is 1.58. The largest absolute Gasteiger partial charge is 0.466 e. The summed E-state index contributed by atoms with van der Waals surface area (Å²) in [4.78, 5) is 44.8. The molecule has 0 radical (unpaired) electrons. The number of carbonyl (C=O) groups excluding carboxylic acids is 3. The van der Waals surface area contributed by atoms with E-state index in [0.717, 1.165) is 23.3 Å². The number of fused-ring (bicyclic) bond motifs is 1. The molecule has 33 heavy (non-hydrogen) atoms. The molecule has 2 aliphatic rings. The highest BCUT2D eigenvalue weighted by molar-refractivity contribution is 7.10. The number of amides is 2. The maximum atomic E-state index is 14.1. The number of benzene rings is 1. The quantitative estimate of drug-likeness (QED) is 0.586. The van der Waals surface area contributed by atoms with Crippen molar-refractivity contribution in [3.63, 3.8) is 0 Å². The van der Waals surface area contributed by atoms with Crippen molar-refractivity contribution in [3.05, 3.63) is 57.8 Å². The fourth-order valence-electron chi connectivity index (χ4n) is 5.06. The fourth-order valence-corrected chi connectivity index (χ4v) is 5.93. The first kappa shape index (κ1) is 23.5.